The first kappa shape index (κ1) is 21.0. The number of esters is 1. The molecule has 0 atom stereocenters. The number of amides is 1. The molecular weight excluding hydrogens is 320 g/mol. The lowest BCUT2D eigenvalue weighted by Crippen LogP contribution is -2.28. The van der Waals surface area contributed by atoms with E-state index in [0.29, 0.717) is 19.5 Å². The van der Waals surface area contributed by atoms with Crippen molar-refractivity contribution in [3.8, 4) is 0 Å². The van der Waals surface area contributed by atoms with Gasteiger partial charge in [-0.25, -0.2) is 4.79 Å². The van der Waals surface area contributed by atoms with E-state index in [9.17, 15) is 9.59 Å². The zero-order valence-electron chi connectivity index (χ0n) is 15.5. The second kappa shape index (κ2) is 11.5. The smallest absolute Gasteiger partial charge is 0.407 e. The van der Waals surface area contributed by atoms with E-state index < -0.39 is 11.7 Å². The van der Waals surface area contributed by atoms with Gasteiger partial charge in [0.1, 0.15) is 12.2 Å². The van der Waals surface area contributed by atoms with E-state index >= 15 is 0 Å². The Morgan fingerprint density at radius 1 is 1.00 bits per heavy atom. The highest BCUT2D eigenvalue weighted by molar-refractivity contribution is 5.70. The Kier molecular flexibility index (Phi) is 9.62. The van der Waals surface area contributed by atoms with Crippen molar-refractivity contribution in [2.24, 2.45) is 0 Å². The van der Waals surface area contributed by atoms with Gasteiger partial charge in [0.15, 0.2) is 0 Å². The van der Waals surface area contributed by atoms with E-state index in [1.54, 1.807) is 0 Å². The summed E-state index contributed by atoms with van der Waals surface area (Å²) in [7, 11) is 0. The van der Waals surface area contributed by atoms with E-state index in [-0.39, 0.29) is 12.6 Å². The van der Waals surface area contributed by atoms with Crippen molar-refractivity contribution in [2.45, 2.75) is 52.2 Å². The van der Waals surface area contributed by atoms with Crippen LogP contribution in [0.25, 0.3) is 0 Å². The summed E-state index contributed by atoms with van der Waals surface area (Å²) in [4.78, 5) is 23.0. The van der Waals surface area contributed by atoms with Crippen molar-refractivity contribution in [2.75, 3.05) is 19.6 Å². The number of nitrogens with one attached hydrogen (secondary N) is 2. The normalized spacial score (nSPS) is 11.0. The minimum Gasteiger partial charge on any atom is -0.460 e. The zero-order valence-corrected chi connectivity index (χ0v) is 15.5. The summed E-state index contributed by atoms with van der Waals surface area (Å²) >= 11 is 0. The number of alkyl carbamates (subject to hydrolysis) is 1. The number of carbonyl (C=O) groups excluding carboxylic acids is 2. The molecule has 6 nitrogen and oxygen atoms in total. The van der Waals surface area contributed by atoms with E-state index in [4.69, 9.17) is 9.47 Å². The van der Waals surface area contributed by atoms with Crippen molar-refractivity contribution < 1.29 is 19.1 Å². The van der Waals surface area contributed by atoms with Gasteiger partial charge < -0.3 is 20.1 Å². The van der Waals surface area contributed by atoms with Gasteiger partial charge in [0.25, 0.3) is 0 Å². The molecule has 0 saturated carbocycles. The summed E-state index contributed by atoms with van der Waals surface area (Å²) in [5.41, 5.74) is 0.532. The molecule has 0 unspecified atom stereocenters. The van der Waals surface area contributed by atoms with Crippen LogP contribution in [0, 0.1) is 0 Å². The predicted molar refractivity (Wildman–Crippen MR) is 97.2 cm³/mol. The molecule has 0 aliphatic rings. The van der Waals surface area contributed by atoms with E-state index in [0.717, 1.165) is 24.9 Å². The fourth-order valence-corrected chi connectivity index (χ4v) is 2.05. The lowest BCUT2D eigenvalue weighted by Gasteiger charge is -2.19. The number of benzene rings is 1. The number of rotatable bonds is 10. The van der Waals surface area contributed by atoms with Crippen molar-refractivity contribution in [3.63, 3.8) is 0 Å². The van der Waals surface area contributed by atoms with Crippen LogP contribution in [-0.4, -0.2) is 37.3 Å². The Bertz CT molecular complexity index is 512. The van der Waals surface area contributed by atoms with Crippen LogP contribution in [0.15, 0.2) is 30.3 Å². The van der Waals surface area contributed by atoms with Crippen LogP contribution in [0.4, 0.5) is 4.79 Å². The maximum Gasteiger partial charge on any atom is 0.407 e. The van der Waals surface area contributed by atoms with Gasteiger partial charge >= 0.3 is 12.1 Å². The molecule has 0 aromatic heterocycles. The van der Waals surface area contributed by atoms with Crippen molar-refractivity contribution in [1.29, 1.82) is 0 Å². The monoisotopic (exact) mass is 350 g/mol. The Hall–Kier alpha value is -2.08. The average Bonchev–Trinajstić information content (AvgIpc) is 2.54. The highest BCUT2D eigenvalue weighted by Crippen LogP contribution is 2.07. The van der Waals surface area contributed by atoms with Gasteiger partial charge in [-0.2, -0.15) is 0 Å². The molecule has 1 aromatic rings. The largest absolute Gasteiger partial charge is 0.460 e. The zero-order chi connectivity index (χ0) is 18.5. The van der Waals surface area contributed by atoms with Crippen LogP contribution in [0.2, 0.25) is 0 Å². The van der Waals surface area contributed by atoms with Crippen LogP contribution in [-0.2, 0) is 20.9 Å². The molecule has 1 amide bonds. The van der Waals surface area contributed by atoms with E-state index in [2.05, 4.69) is 10.6 Å². The predicted octanol–water partition coefficient (Wildman–Crippen LogP) is 3.01. The summed E-state index contributed by atoms with van der Waals surface area (Å²) in [5.74, 6) is -0.192. The highest BCUT2D eigenvalue weighted by Gasteiger charge is 2.15. The molecule has 0 heterocycles. The van der Waals surface area contributed by atoms with E-state index in [1.807, 2.05) is 51.1 Å². The third kappa shape index (κ3) is 12.0. The van der Waals surface area contributed by atoms with Gasteiger partial charge in [-0.05, 0) is 45.7 Å². The third-order valence-electron chi connectivity index (χ3n) is 3.19. The summed E-state index contributed by atoms with van der Waals surface area (Å²) in [6.45, 7) is 7.81. The molecule has 0 radical (unpaired) electrons. The number of carbonyl (C=O) groups is 2. The first-order valence-electron chi connectivity index (χ1n) is 8.74. The molecule has 0 bridgehead atoms. The summed E-state index contributed by atoms with van der Waals surface area (Å²) < 4.78 is 10.3. The number of ether oxygens (including phenoxy) is 2. The minimum absolute atomic E-state index is 0.192. The summed E-state index contributed by atoms with van der Waals surface area (Å²) in [6, 6.07) is 9.57. The Labute approximate surface area is 150 Å². The topological polar surface area (TPSA) is 76.7 Å². The van der Waals surface area contributed by atoms with Crippen LogP contribution >= 0.6 is 0 Å². The second-order valence-corrected chi connectivity index (χ2v) is 6.78. The van der Waals surface area contributed by atoms with Crippen LogP contribution in [0.1, 0.15) is 45.6 Å². The van der Waals surface area contributed by atoms with Gasteiger partial charge in [-0.15, -0.1) is 0 Å². The Balaban J connectivity index is 1.93. The lowest BCUT2D eigenvalue weighted by atomic mass is 10.2. The maximum atomic E-state index is 11.5. The standard InChI is InChI=1S/C19H30N2O4/c1-19(2,3)25-17(22)11-14-20-12-7-8-13-21-18(23)24-15-16-9-5-4-6-10-16/h4-6,9-10,20H,7-8,11-15H2,1-3H3,(H,21,23). The van der Waals surface area contributed by atoms with Crippen molar-refractivity contribution in [3.05, 3.63) is 35.9 Å². The fraction of sp³-hybridized carbons (Fsp3) is 0.579. The molecule has 140 valence electrons. The third-order valence-corrected chi connectivity index (χ3v) is 3.19. The minimum atomic E-state index is -0.433. The lowest BCUT2D eigenvalue weighted by molar-refractivity contribution is -0.154. The molecule has 0 saturated heterocycles. The maximum absolute atomic E-state index is 11.5. The number of unbranched alkanes of at least 4 members (excludes halogenated alkanes) is 1. The summed E-state index contributed by atoms with van der Waals surface area (Å²) in [6.07, 6.45) is 1.72. The molecule has 1 aromatic carbocycles. The van der Waals surface area contributed by atoms with Crippen molar-refractivity contribution in [1.82, 2.24) is 10.6 Å². The van der Waals surface area contributed by atoms with Gasteiger partial charge in [0, 0.05) is 13.1 Å². The van der Waals surface area contributed by atoms with Crippen LogP contribution in [0.3, 0.4) is 0 Å². The molecular formula is C19H30N2O4. The molecule has 2 N–H and O–H groups in total. The van der Waals surface area contributed by atoms with Crippen LogP contribution in [0.5, 0.6) is 0 Å². The van der Waals surface area contributed by atoms with Gasteiger partial charge in [0.2, 0.25) is 0 Å². The average molecular weight is 350 g/mol. The number of hydrogen-bond acceptors (Lipinski definition) is 5. The molecule has 0 fully saturated rings. The quantitative estimate of drug-likeness (QED) is 0.501. The van der Waals surface area contributed by atoms with Crippen molar-refractivity contribution >= 4 is 12.1 Å². The fourth-order valence-electron chi connectivity index (χ4n) is 2.05. The van der Waals surface area contributed by atoms with Gasteiger partial charge in [-0.3, -0.25) is 4.79 Å². The Morgan fingerprint density at radius 3 is 2.36 bits per heavy atom. The number of hydrogen-bond donors (Lipinski definition) is 2. The van der Waals surface area contributed by atoms with Gasteiger partial charge in [-0.1, -0.05) is 30.3 Å². The van der Waals surface area contributed by atoms with E-state index in [1.165, 1.54) is 0 Å². The molecule has 1 rings (SSSR count). The second-order valence-electron chi connectivity index (χ2n) is 6.78. The molecule has 25 heavy (non-hydrogen) atoms. The van der Waals surface area contributed by atoms with Gasteiger partial charge in [0.05, 0.1) is 6.42 Å². The first-order valence-corrected chi connectivity index (χ1v) is 8.74. The Morgan fingerprint density at radius 2 is 1.68 bits per heavy atom. The summed E-state index contributed by atoms with van der Waals surface area (Å²) in [5, 5.41) is 5.92. The van der Waals surface area contributed by atoms with Crippen LogP contribution < -0.4 is 10.6 Å². The SMILES string of the molecule is CC(C)(C)OC(=O)CCNCCCCNC(=O)OCc1ccccc1. The highest BCUT2D eigenvalue weighted by atomic mass is 16.6. The molecule has 0 aliphatic carbocycles. The first-order chi connectivity index (χ1) is 11.9. The molecule has 6 heteroatoms. The molecule has 0 spiro atoms. The molecule has 0 aliphatic heterocycles.